The maximum Gasteiger partial charge on any atom is 0.232 e. The first-order valence-corrected chi connectivity index (χ1v) is 6.91. The van der Waals surface area contributed by atoms with Gasteiger partial charge >= 0.3 is 0 Å². The predicted molar refractivity (Wildman–Crippen MR) is 78.7 cm³/mol. The molecule has 0 aromatic carbocycles. The summed E-state index contributed by atoms with van der Waals surface area (Å²) in [6.07, 6.45) is -3.26. The Balaban J connectivity index is 2.17. The molecule has 0 spiro atoms. The van der Waals surface area contributed by atoms with Gasteiger partial charge in [0.15, 0.2) is 0 Å². The van der Waals surface area contributed by atoms with Crippen LogP contribution < -0.4 is 10.1 Å². The van der Waals surface area contributed by atoms with E-state index in [9.17, 15) is 10.2 Å². The highest BCUT2D eigenvalue weighted by atomic mass is 16.5. The lowest BCUT2D eigenvalue weighted by molar-refractivity contribution is -0.152. The van der Waals surface area contributed by atoms with Crippen molar-refractivity contribution in [1.82, 2.24) is 9.97 Å². The second-order valence-corrected chi connectivity index (χ2v) is 4.94. The molecule has 1 aromatic heterocycles. The molecule has 0 unspecified atom stereocenters. The van der Waals surface area contributed by atoms with Gasteiger partial charge in [-0.25, -0.2) is 4.98 Å². The Morgan fingerprint density at radius 3 is 2.74 bits per heavy atom. The summed E-state index contributed by atoms with van der Waals surface area (Å²) in [6, 6.07) is 0.742. The van der Waals surface area contributed by atoms with Crippen molar-refractivity contribution in [1.29, 1.82) is 5.41 Å². The first-order valence-electron chi connectivity index (χ1n) is 6.91. The van der Waals surface area contributed by atoms with Crippen molar-refractivity contribution in [3.05, 3.63) is 11.8 Å². The highest BCUT2D eigenvalue weighted by Crippen LogP contribution is 2.19. The molecule has 0 amide bonds. The van der Waals surface area contributed by atoms with Gasteiger partial charge < -0.3 is 34.8 Å². The molecule has 0 aliphatic carbocycles. The summed E-state index contributed by atoms with van der Waals surface area (Å²) in [5, 5.41) is 39.5. The zero-order chi connectivity index (χ0) is 17.0. The molecule has 0 radical (unpaired) electrons. The Kier molecular flexibility index (Phi) is 5.66. The molecule has 1 saturated heterocycles. The molecule has 1 aliphatic rings. The molecule has 4 atom stereocenters. The van der Waals surface area contributed by atoms with Gasteiger partial charge in [-0.1, -0.05) is 0 Å². The third-order valence-electron chi connectivity index (χ3n) is 3.48. The average molecular weight is 328 g/mol. The van der Waals surface area contributed by atoms with Crippen molar-refractivity contribution in [2.75, 3.05) is 32.8 Å². The van der Waals surface area contributed by atoms with E-state index >= 15 is 0 Å². The molecular formula is C13H20N4O6. The van der Waals surface area contributed by atoms with E-state index in [0.29, 0.717) is 0 Å². The second-order valence-electron chi connectivity index (χ2n) is 4.94. The molecule has 2 heterocycles. The predicted octanol–water partition coefficient (Wildman–Crippen LogP) is -1.65. The number of methoxy groups -OCH3 is 2. The van der Waals surface area contributed by atoms with E-state index in [1.807, 2.05) is 0 Å². The Morgan fingerprint density at radius 2 is 2.13 bits per heavy atom. The molecule has 23 heavy (non-hydrogen) atoms. The van der Waals surface area contributed by atoms with Crippen molar-refractivity contribution in [2.45, 2.75) is 24.4 Å². The van der Waals surface area contributed by atoms with E-state index in [1.165, 1.54) is 20.3 Å². The Labute approximate surface area is 132 Å². The van der Waals surface area contributed by atoms with Crippen LogP contribution in [0.4, 0.5) is 5.95 Å². The fraction of sp³-hybridized carbons (Fsp3) is 0.615. The number of aliphatic hydroxyl groups is 3. The van der Waals surface area contributed by atoms with Crippen molar-refractivity contribution in [3.63, 3.8) is 0 Å². The quantitative estimate of drug-likeness (QED) is 0.316. The number of anilines is 1. The molecule has 0 bridgehead atoms. The molecule has 5 N–H and O–H groups in total. The summed E-state index contributed by atoms with van der Waals surface area (Å²) in [5.74, 6) is 0.123. The number of nitrogens with zero attached hydrogens (tertiary/aromatic N) is 2. The summed E-state index contributed by atoms with van der Waals surface area (Å²) in [7, 11) is 2.76. The lowest BCUT2D eigenvalue weighted by Crippen LogP contribution is -2.56. The number of ether oxygens (including phenoxy) is 3. The van der Waals surface area contributed by atoms with Crippen LogP contribution in [0.25, 0.3) is 0 Å². The topological polar surface area (TPSA) is 150 Å². The minimum absolute atomic E-state index is 0.0427. The van der Waals surface area contributed by atoms with Gasteiger partial charge in [-0.05, 0) is 0 Å². The van der Waals surface area contributed by atoms with Crippen LogP contribution in [0.5, 0.6) is 5.88 Å². The van der Waals surface area contributed by atoms with E-state index in [4.69, 9.17) is 24.7 Å². The van der Waals surface area contributed by atoms with E-state index < -0.39 is 31.0 Å². The molecule has 1 aliphatic heterocycles. The molecule has 10 nitrogen and oxygen atoms in total. The largest absolute Gasteiger partial charge is 0.481 e. The van der Waals surface area contributed by atoms with Crippen LogP contribution in [0.15, 0.2) is 6.07 Å². The maximum atomic E-state index is 10.1. The van der Waals surface area contributed by atoms with Gasteiger partial charge in [0.1, 0.15) is 24.0 Å². The number of aromatic nitrogens is 2. The minimum Gasteiger partial charge on any atom is -0.481 e. The number of rotatable bonds is 5. The monoisotopic (exact) mass is 328 g/mol. The molecule has 0 saturated carbocycles. The molecule has 128 valence electrons. The first-order chi connectivity index (χ1) is 11.0. The summed E-state index contributed by atoms with van der Waals surface area (Å²) in [5.41, 5.74) is 0.196. The van der Waals surface area contributed by atoms with Gasteiger partial charge in [-0.3, -0.25) is 5.41 Å². The molecule has 1 aromatic rings. The van der Waals surface area contributed by atoms with E-state index in [1.54, 1.807) is 0 Å². The van der Waals surface area contributed by atoms with Gasteiger partial charge in [0, 0.05) is 6.07 Å². The van der Waals surface area contributed by atoms with Crippen LogP contribution in [0, 0.1) is 5.41 Å². The normalized spacial score (nSPS) is 27.3. The van der Waals surface area contributed by atoms with Gasteiger partial charge in [-0.2, -0.15) is 4.98 Å². The fourth-order valence-corrected chi connectivity index (χ4v) is 2.15. The van der Waals surface area contributed by atoms with Crippen molar-refractivity contribution in [2.24, 2.45) is 0 Å². The van der Waals surface area contributed by atoms with Crippen LogP contribution in [0.1, 0.15) is 5.69 Å². The lowest BCUT2D eigenvalue weighted by atomic mass is 9.98. The summed E-state index contributed by atoms with van der Waals surface area (Å²) < 4.78 is 15.1. The van der Waals surface area contributed by atoms with Gasteiger partial charge in [-0.15, -0.1) is 0 Å². The van der Waals surface area contributed by atoms with Crippen LogP contribution in [0.2, 0.25) is 0 Å². The van der Waals surface area contributed by atoms with Crippen LogP contribution in [-0.4, -0.2) is 83.0 Å². The van der Waals surface area contributed by atoms with Crippen molar-refractivity contribution in [3.8, 4) is 5.88 Å². The summed E-state index contributed by atoms with van der Waals surface area (Å²) in [4.78, 5) is 8.16. The Hall–Kier alpha value is -2.01. The van der Waals surface area contributed by atoms with Gasteiger partial charge in [0.25, 0.3) is 0 Å². The standard InChI is InChI=1S/C13H20N4O6/c1-21-9-3-6(12(14)22-2)15-13(17-9)16-7-5-23-8(4-18)11(20)10(7)19/h3,7-8,10-11,14,18-20H,4-5H2,1-2H3,(H,15,16,17)/t7-,8+,10+,11-/m0/s1. The van der Waals surface area contributed by atoms with E-state index in [0.717, 1.165) is 0 Å². The maximum absolute atomic E-state index is 10.1. The van der Waals surface area contributed by atoms with E-state index in [2.05, 4.69) is 15.3 Å². The van der Waals surface area contributed by atoms with E-state index in [-0.39, 0.29) is 30.0 Å². The molecule has 1 fully saturated rings. The zero-order valence-electron chi connectivity index (χ0n) is 12.8. The van der Waals surface area contributed by atoms with Crippen LogP contribution in [-0.2, 0) is 9.47 Å². The zero-order valence-corrected chi connectivity index (χ0v) is 12.8. The summed E-state index contributed by atoms with van der Waals surface area (Å²) in [6.45, 7) is -0.350. The number of hydrogen-bond acceptors (Lipinski definition) is 10. The van der Waals surface area contributed by atoms with Gasteiger partial charge in [0.2, 0.25) is 17.7 Å². The lowest BCUT2D eigenvalue weighted by Gasteiger charge is -2.37. The van der Waals surface area contributed by atoms with Crippen molar-refractivity contribution < 1.29 is 29.5 Å². The minimum atomic E-state index is -1.24. The Morgan fingerprint density at radius 1 is 1.39 bits per heavy atom. The number of aliphatic hydroxyl groups excluding tert-OH is 3. The van der Waals surface area contributed by atoms with Crippen LogP contribution in [0.3, 0.4) is 0 Å². The summed E-state index contributed by atoms with van der Waals surface area (Å²) >= 11 is 0. The molecule has 10 heteroatoms. The number of hydrogen-bond donors (Lipinski definition) is 5. The van der Waals surface area contributed by atoms with Gasteiger partial charge in [0.05, 0.1) is 33.5 Å². The second kappa shape index (κ2) is 7.51. The highest BCUT2D eigenvalue weighted by molar-refractivity contribution is 5.90. The third-order valence-corrected chi connectivity index (χ3v) is 3.48. The SMILES string of the molecule is COC(=N)c1cc(OC)nc(N[C@H]2CO[C@H](CO)[C@H](O)[C@@H]2O)n1. The molecular weight excluding hydrogens is 308 g/mol. The smallest absolute Gasteiger partial charge is 0.232 e. The average Bonchev–Trinajstić information content (AvgIpc) is 2.58. The fourth-order valence-electron chi connectivity index (χ4n) is 2.15. The highest BCUT2D eigenvalue weighted by Gasteiger charge is 2.38. The Bertz CT molecular complexity index is 557. The first kappa shape index (κ1) is 17.3. The van der Waals surface area contributed by atoms with Crippen molar-refractivity contribution >= 4 is 11.8 Å². The third kappa shape index (κ3) is 3.85. The van der Waals surface area contributed by atoms with Crippen LogP contribution >= 0.6 is 0 Å². The molecule has 2 rings (SSSR count). The number of nitrogens with one attached hydrogen (secondary N) is 2.